The molecule has 0 spiro atoms. The van der Waals surface area contributed by atoms with E-state index in [4.69, 9.17) is 0 Å². The van der Waals surface area contributed by atoms with Crippen LogP contribution in [0.2, 0.25) is 0 Å². The second-order valence-corrected chi connectivity index (χ2v) is 10.6. The number of unbranched alkanes of at least 4 members (excludes halogenated alkanes) is 12. The van der Waals surface area contributed by atoms with Crippen LogP contribution in [0, 0.1) is 0 Å². The Kier molecular flexibility index (Phi) is 18.0. The van der Waals surface area contributed by atoms with Crippen LogP contribution < -0.4 is 0 Å². The van der Waals surface area contributed by atoms with Gasteiger partial charge in [-0.05, 0) is 6.42 Å². The third-order valence-corrected chi connectivity index (χ3v) is 6.73. The standard InChI is InChI=1S/C20H44NS2/c1-5-6-7-8-9-10-11-12-13-14-15-16-17-19-22-23-20-18-21(2,3)4/h5-20H2,1-4H3/q+1. The van der Waals surface area contributed by atoms with Gasteiger partial charge in [-0.3, -0.25) is 0 Å². The first-order valence-electron chi connectivity index (χ1n) is 10.1. The van der Waals surface area contributed by atoms with Crippen molar-refractivity contribution in [1.82, 2.24) is 0 Å². The van der Waals surface area contributed by atoms with E-state index < -0.39 is 0 Å². The van der Waals surface area contributed by atoms with Gasteiger partial charge in [0.05, 0.1) is 33.4 Å². The number of hydrogen-bond acceptors (Lipinski definition) is 2. The molecule has 0 aliphatic carbocycles. The summed E-state index contributed by atoms with van der Waals surface area (Å²) < 4.78 is 1.09. The van der Waals surface area contributed by atoms with E-state index in [1.165, 1.54) is 102 Å². The van der Waals surface area contributed by atoms with E-state index >= 15 is 0 Å². The number of rotatable bonds is 18. The molecular weight excluding hydrogens is 318 g/mol. The van der Waals surface area contributed by atoms with E-state index in [0.29, 0.717) is 0 Å². The second kappa shape index (κ2) is 17.5. The first kappa shape index (κ1) is 23.7. The average molecular weight is 363 g/mol. The molecule has 0 saturated heterocycles. The van der Waals surface area contributed by atoms with Crippen molar-refractivity contribution in [2.24, 2.45) is 0 Å². The normalized spacial score (nSPS) is 12.0. The van der Waals surface area contributed by atoms with Crippen molar-refractivity contribution < 1.29 is 4.48 Å². The molecule has 0 radical (unpaired) electrons. The van der Waals surface area contributed by atoms with Gasteiger partial charge >= 0.3 is 0 Å². The van der Waals surface area contributed by atoms with E-state index in [1.807, 2.05) is 0 Å². The molecule has 0 aromatic carbocycles. The molecule has 3 heteroatoms. The van der Waals surface area contributed by atoms with Crippen molar-refractivity contribution in [3.8, 4) is 0 Å². The molecule has 0 bridgehead atoms. The molecule has 1 nitrogen and oxygen atoms in total. The zero-order valence-electron chi connectivity index (χ0n) is 16.6. The van der Waals surface area contributed by atoms with Crippen LogP contribution in [0.5, 0.6) is 0 Å². The lowest BCUT2D eigenvalue weighted by atomic mass is 10.1. The van der Waals surface area contributed by atoms with Crippen LogP contribution in [0.4, 0.5) is 0 Å². The largest absolute Gasteiger partial charge is 0.330 e. The van der Waals surface area contributed by atoms with Crippen LogP contribution in [0.15, 0.2) is 0 Å². The number of nitrogens with zero attached hydrogens (tertiary/aromatic N) is 1. The van der Waals surface area contributed by atoms with Crippen LogP contribution in [0.25, 0.3) is 0 Å². The molecule has 0 amide bonds. The smallest absolute Gasteiger partial charge is 0.0880 e. The van der Waals surface area contributed by atoms with Crippen LogP contribution in [0.1, 0.15) is 90.4 Å². The molecule has 0 unspecified atom stereocenters. The van der Waals surface area contributed by atoms with E-state index in [2.05, 4.69) is 49.7 Å². The van der Waals surface area contributed by atoms with Crippen molar-refractivity contribution in [3.63, 3.8) is 0 Å². The van der Waals surface area contributed by atoms with E-state index in [-0.39, 0.29) is 0 Å². The molecule has 0 heterocycles. The van der Waals surface area contributed by atoms with Gasteiger partial charge in [0, 0.05) is 5.75 Å². The highest BCUT2D eigenvalue weighted by Gasteiger charge is 2.05. The molecule has 0 rings (SSSR count). The molecule has 0 aromatic heterocycles. The summed E-state index contributed by atoms with van der Waals surface area (Å²) in [4.78, 5) is 0. The fourth-order valence-electron chi connectivity index (χ4n) is 2.61. The summed E-state index contributed by atoms with van der Waals surface area (Å²) in [7, 11) is 11.0. The van der Waals surface area contributed by atoms with Gasteiger partial charge in [0.2, 0.25) is 0 Å². The van der Waals surface area contributed by atoms with Crippen LogP contribution in [-0.2, 0) is 0 Å². The molecule has 0 aromatic rings. The maximum Gasteiger partial charge on any atom is 0.0880 e. The zero-order chi connectivity index (χ0) is 17.2. The molecule has 0 fully saturated rings. The molecular formula is C20H44NS2+. The topological polar surface area (TPSA) is 0 Å². The highest BCUT2D eigenvalue weighted by atomic mass is 33.1. The first-order valence-corrected chi connectivity index (χ1v) is 12.6. The Bertz CT molecular complexity index is 226. The summed E-state index contributed by atoms with van der Waals surface area (Å²) in [5, 5.41) is 0. The summed E-state index contributed by atoms with van der Waals surface area (Å²) >= 11 is 0. The minimum absolute atomic E-state index is 1.09. The Morgan fingerprint density at radius 3 is 1.35 bits per heavy atom. The van der Waals surface area contributed by atoms with E-state index in [1.54, 1.807) is 0 Å². The van der Waals surface area contributed by atoms with Gasteiger partial charge in [0.1, 0.15) is 0 Å². The van der Waals surface area contributed by atoms with Crippen LogP contribution >= 0.6 is 21.6 Å². The van der Waals surface area contributed by atoms with Crippen molar-refractivity contribution in [3.05, 3.63) is 0 Å². The highest BCUT2D eigenvalue weighted by molar-refractivity contribution is 8.76. The predicted molar refractivity (Wildman–Crippen MR) is 114 cm³/mol. The summed E-state index contributed by atoms with van der Waals surface area (Å²) in [6, 6.07) is 0. The highest BCUT2D eigenvalue weighted by Crippen LogP contribution is 2.23. The lowest BCUT2D eigenvalue weighted by Gasteiger charge is -2.23. The fourth-order valence-corrected chi connectivity index (χ4v) is 5.07. The second-order valence-electron chi connectivity index (χ2n) is 7.90. The van der Waals surface area contributed by atoms with E-state index in [9.17, 15) is 0 Å². The molecule has 0 saturated carbocycles. The summed E-state index contributed by atoms with van der Waals surface area (Å²) in [6.07, 6.45) is 18.9. The van der Waals surface area contributed by atoms with Gasteiger partial charge in [-0.1, -0.05) is 106 Å². The van der Waals surface area contributed by atoms with Gasteiger partial charge in [-0.15, -0.1) is 0 Å². The van der Waals surface area contributed by atoms with Gasteiger partial charge in [-0.25, -0.2) is 0 Å². The average Bonchev–Trinajstić information content (AvgIpc) is 2.49. The van der Waals surface area contributed by atoms with Crippen molar-refractivity contribution in [2.75, 3.05) is 39.2 Å². The molecule has 0 aliphatic heterocycles. The minimum atomic E-state index is 1.09. The summed E-state index contributed by atoms with van der Waals surface area (Å²) in [6.45, 7) is 3.57. The summed E-state index contributed by atoms with van der Waals surface area (Å²) in [5.74, 6) is 2.63. The third kappa shape index (κ3) is 22.7. The molecule has 0 atom stereocenters. The predicted octanol–water partition coefficient (Wildman–Crippen LogP) is 7.17. The van der Waals surface area contributed by atoms with Crippen molar-refractivity contribution >= 4 is 21.6 Å². The monoisotopic (exact) mass is 362 g/mol. The lowest BCUT2D eigenvalue weighted by molar-refractivity contribution is -0.867. The van der Waals surface area contributed by atoms with E-state index in [0.717, 1.165) is 4.48 Å². The van der Waals surface area contributed by atoms with Crippen molar-refractivity contribution in [1.29, 1.82) is 0 Å². The minimum Gasteiger partial charge on any atom is -0.330 e. The summed E-state index contributed by atoms with van der Waals surface area (Å²) in [5.41, 5.74) is 0. The van der Waals surface area contributed by atoms with Crippen LogP contribution in [0.3, 0.4) is 0 Å². The lowest BCUT2D eigenvalue weighted by Crippen LogP contribution is -2.36. The quantitative estimate of drug-likeness (QED) is 0.144. The van der Waals surface area contributed by atoms with Gasteiger partial charge < -0.3 is 4.48 Å². The van der Waals surface area contributed by atoms with Crippen LogP contribution in [-0.4, -0.2) is 43.7 Å². The Labute approximate surface area is 155 Å². The maximum absolute atomic E-state index is 2.30. The Balaban J connectivity index is 3.00. The fraction of sp³-hybridized carbons (Fsp3) is 1.00. The SMILES string of the molecule is CCCCCCCCCCCCCCCSSCC[N+](C)(C)C. The number of hydrogen-bond donors (Lipinski definition) is 0. The van der Waals surface area contributed by atoms with Crippen molar-refractivity contribution in [2.45, 2.75) is 90.4 Å². The maximum atomic E-state index is 2.30. The number of quaternary nitrogens is 1. The first-order chi connectivity index (χ1) is 11.1. The Hall–Kier alpha value is 0.660. The Morgan fingerprint density at radius 1 is 0.522 bits per heavy atom. The third-order valence-electron chi connectivity index (χ3n) is 4.26. The molecule has 140 valence electrons. The Morgan fingerprint density at radius 2 is 0.913 bits per heavy atom. The molecule has 0 N–H and O–H groups in total. The van der Waals surface area contributed by atoms with Gasteiger partial charge in [0.15, 0.2) is 0 Å². The zero-order valence-corrected chi connectivity index (χ0v) is 18.2. The van der Waals surface area contributed by atoms with Gasteiger partial charge in [0.25, 0.3) is 0 Å². The van der Waals surface area contributed by atoms with Gasteiger partial charge in [-0.2, -0.15) is 0 Å². The molecule has 23 heavy (non-hydrogen) atoms. The molecule has 0 aliphatic rings.